The van der Waals surface area contributed by atoms with E-state index in [9.17, 15) is 9.59 Å². The molecular weight excluding hydrogens is 396 g/mol. The topological polar surface area (TPSA) is 101 Å². The molecule has 5 N–H and O–H groups in total. The molecule has 1 saturated heterocycles. The summed E-state index contributed by atoms with van der Waals surface area (Å²) in [7, 11) is 0. The second kappa shape index (κ2) is 9.88. The Bertz CT molecular complexity index is 794. The number of thioether (sulfide) groups is 1. The van der Waals surface area contributed by atoms with Crippen LogP contribution in [-0.4, -0.2) is 41.6 Å². The van der Waals surface area contributed by atoms with E-state index in [1.807, 2.05) is 65.1 Å². The predicted molar refractivity (Wildman–Crippen MR) is 125 cm³/mol. The number of rotatable bonds is 6. The van der Waals surface area contributed by atoms with E-state index in [4.69, 9.17) is 11.5 Å². The summed E-state index contributed by atoms with van der Waals surface area (Å²) in [5.41, 5.74) is 14.6. The molecule has 0 saturated carbocycles. The van der Waals surface area contributed by atoms with E-state index >= 15 is 0 Å². The summed E-state index contributed by atoms with van der Waals surface area (Å²) < 4.78 is 0. The fourth-order valence-electron chi connectivity index (χ4n) is 3.67. The van der Waals surface area contributed by atoms with Crippen molar-refractivity contribution in [3.05, 3.63) is 41.1 Å². The largest absolute Gasteiger partial charge is 0.401 e. The van der Waals surface area contributed by atoms with Crippen LogP contribution in [0.1, 0.15) is 64.6 Å². The van der Waals surface area contributed by atoms with Crippen LogP contribution in [0.3, 0.4) is 0 Å². The molecule has 3 atom stereocenters. The number of carbonyl (C=O) groups excluding carboxylic acids is 2. The van der Waals surface area contributed by atoms with Gasteiger partial charge in [-0.1, -0.05) is 45.0 Å². The molecule has 1 aromatic rings. The molecule has 30 heavy (non-hydrogen) atoms. The van der Waals surface area contributed by atoms with Gasteiger partial charge in [-0.3, -0.25) is 9.59 Å². The predicted octanol–water partition coefficient (Wildman–Crippen LogP) is 3.24. The minimum atomic E-state index is -0.624. The first-order chi connectivity index (χ1) is 14.0. The molecule has 1 fully saturated rings. The van der Waals surface area contributed by atoms with Crippen LogP contribution in [-0.2, 0) is 9.59 Å². The summed E-state index contributed by atoms with van der Waals surface area (Å²) in [5.74, 6) is -0.272. The molecule has 1 aliphatic heterocycles. The monoisotopic (exact) mass is 432 g/mol. The lowest BCUT2D eigenvalue weighted by molar-refractivity contribution is -0.141. The molecule has 7 heteroatoms. The number of hydrogen-bond acceptors (Lipinski definition) is 5. The van der Waals surface area contributed by atoms with E-state index in [0.29, 0.717) is 13.0 Å². The zero-order chi connectivity index (χ0) is 22.6. The number of hydrogen-bond donors (Lipinski definition) is 3. The average molecular weight is 433 g/mol. The minimum absolute atomic E-state index is 0.124. The Morgan fingerprint density at radius 2 is 1.83 bits per heavy atom. The van der Waals surface area contributed by atoms with Crippen molar-refractivity contribution in [1.82, 2.24) is 10.2 Å². The van der Waals surface area contributed by atoms with E-state index in [2.05, 4.69) is 5.32 Å². The molecule has 0 bridgehead atoms. The van der Waals surface area contributed by atoms with Gasteiger partial charge in [-0.2, -0.15) is 0 Å². The third-order valence-electron chi connectivity index (χ3n) is 5.63. The number of nitrogens with zero attached hydrogens (tertiary/aromatic N) is 1. The molecule has 2 amide bonds. The van der Waals surface area contributed by atoms with Crippen molar-refractivity contribution in [1.29, 1.82) is 0 Å². The van der Waals surface area contributed by atoms with E-state index in [0.717, 1.165) is 28.1 Å². The van der Waals surface area contributed by atoms with Gasteiger partial charge in [0, 0.05) is 17.1 Å². The SMILES string of the molecule is CS/C(=C(/C)N)c1ccc([C@H](C)NC(=O)[C@@H]2CCCN2C(=O)[C@@H](N)C(C)(C)C)cc1. The fraction of sp³-hybridized carbons (Fsp3) is 0.565. The molecule has 0 aromatic heterocycles. The highest BCUT2D eigenvalue weighted by atomic mass is 32.2. The van der Waals surface area contributed by atoms with Gasteiger partial charge in [0.25, 0.3) is 0 Å². The van der Waals surface area contributed by atoms with Crippen LogP contribution >= 0.6 is 11.8 Å². The van der Waals surface area contributed by atoms with Crippen molar-refractivity contribution >= 4 is 28.5 Å². The van der Waals surface area contributed by atoms with Crippen LogP contribution in [0.2, 0.25) is 0 Å². The average Bonchev–Trinajstić information content (AvgIpc) is 3.16. The Kier molecular flexibility index (Phi) is 7.99. The Balaban J connectivity index is 2.08. The molecule has 0 spiro atoms. The van der Waals surface area contributed by atoms with Gasteiger partial charge in [0.1, 0.15) is 6.04 Å². The summed E-state index contributed by atoms with van der Waals surface area (Å²) in [6.45, 7) is 10.2. The number of nitrogens with two attached hydrogens (primary N) is 2. The maximum Gasteiger partial charge on any atom is 0.243 e. The minimum Gasteiger partial charge on any atom is -0.401 e. The molecule has 0 aliphatic carbocycles. The van der Waals surface area contributed by atoms with E-state index in [1.54, 1.807) is 16.7 Å². The number of amides is 2. The van der Waals surface area contributed by atoms with Gasteiger partial charge in [0.2, 0.25) is 11.8 Å². The van der Waals surface area contributed by atoms with Crippen LogP contribution in [0.4, 0.5) is 0 Å². The van der Waals surface area contributed by atoms with E-state index in [1.165, 1.54) is 0 Å². The Labute approximate surface area is 184 Å². The van der Waals surface area contributed by atoms with Gasteiger partial charge < -0.3 is 21.7 Å². The third kappa shape index (κ3) is 5.58. The normalized spacial score (nSPS) is 19.8. The second-order valence-electron chi connectivity index (χ2n) is 9.10. The van der Waals surface area contributed by atoms with Crippen LogP contribution < -0.4 is 16.8 Å². The molecule has 6 nitrogen and oxygen atoms in total. The maximum absolute atomic E-state index is 13.0. The van der Waals surface area contributed by atoms with Crippen molar-refractivity contribution in [2.24, 2.45) is 16.9 Å². The van der Waals surface area contributed by atoms with E-state index < -0.39 is 12.1 Å². The van der Waals surface area contributed by atoms with Crippen molar-refractivity contribution in [2.45, 2.75) is 65.6 Å². The van der Waals surface area contributed by atoms with Gasteiger partial charge in [-0.25, -0.2) is 0 Å². The van der Waals surface area contributed by atoms with Crippen molar-refractivity contribution in [2.75, 3.05) is 12.8 Å². The summed E-state index contributed by atoms with van der Waals surface area (Å²) in [4.78, 5) is 28.5. The molecule has 1 heterocycles. The number of benzene rings is 1. The van der Waals surface area contributed by atoms with Crippen molar-refractivity contribution in [3.63, 3.8) is 0 Å². The number of nitrogens with one attached hydrogen (secondary N) is 1. The van der Waals surface area contributed by atoms with Gasteiger partial charge in [-0.05, 0) is 49.5 Å². The lowest BCUT2D eigenvalue weighted by Gasteiger charge is -2.33. The lowest BCUT2D eigenvalue weighted by Crippen LogP contribution is -2.55. The van der Waals surface area contributed by atoms with Gasteiger partial charge in [0.15, 0.2) is 0 Å². The summed E-state index contributed by atoms with van der Waals surface area (Å²) in [6, 6.07) is 6.81. The van der Waals surface area contributed by atoms with Crippen LogP contribution in [0.25, 0.3) is 4.91 Å². The van der Waals surface area contributed by atoms with Crippen molar-refractivity contribution < 1.29 is 9.59 Å². The number of carbonyl (C=O) groups is 2. The fourth-order valence-corrected chi connectivity index (χ4v) is 4.37. The third-order valence-corrected chi connectivity index (χ3v) is 6.60. The van der Waals surface area contributed by atoms with Crippen LogP contribution in [0, 0.1) is 5.41 Å². The molecule has 0 radical (unpaired) electrons. The lowest BCUT2D eigenvalue weighted by atomic mass is 9.86. The molecule has 1 aromatic carbocycles. The molecule has 1 aliphatic rings. The standard InChI is InChI=1S/C23H36N4O2S/c1-14(24)19(30-6)17-11-9-16(10-12-17)15(2)26-21(28)18-8-7-13-27(18)22(29)20(25)23(3,4)5/h9-12,15,18,20H,7-8,13,24-25H2,1-6H3,(H,26,28)/b19-14-/t15-,18-,20+/m0/s1. The van der Waals surface area contributed by atoms with Gasteiger partial charge >= 0.3 is 0 Å². The van der Waals surface area contributed by atoms with Gasteiger partial charge in [0.05, 0.1) is 12.1 Å². The highest BCUT2D eigenvalue weighted by Crippen LogP contribution is 2.28. The maximum atomic E-state index is 13.0. The van der Waals surface area contributed by atoms with Crippen LogP contribution in [0.15, 0.2) is 30.0 Å². The first-order valence-corrected chi connectivity index (χ1v) is 11.7. The Hall–Kier alpha value is -1.99. The molecule has 0 unspecified atom stereocenters. The number of likely N-dealkylation sites (tertiary alicyclic amines) is 1. The highest BCUT2D eigenvalue weighted by molar-refractivity contribution is 8.07. The second-order valence-corrected chi connectivity index (χ2v) is 9.92. The van der Waals surface area contributed by atoms with Crippen molar-refractivity contribution in [3.8, 4) is 0 Å². The van der Waals surface area contributed by atoms with Gasteiger partial charge in [-0.15, -0.1) is 11.8 Å². The highest BCUT2D eigenvalue weighted by Gasteiger charge is 2.39. The quantitative estimate of drug-likeness (QED) is 0.641. The first-order valence-electron chi connectivity index (χ1n) is 10.4. The zero-order valence-corrected chi connectivity index (χ0v) is 19.8. The molecule has 166 valence electrons. The Morgan fingerprint density at radius 3 is 2.33 bits per heavy atom. The van der Waals surface area contributed by atoms with E-state index in [-0.39, 0.29) is 23.3 Å². The first kappa shape index (κ1) is 24.3. The zero-order valence-electron chi connectivity index (χ0n) is 19.0. The number of allylic oxidation sites excluding steroid dienone is 1. The summed E-state index contributed by atoms with van der Waals surface area (Å²) >= 11 is 1.62. The van der Waals surface area contributed by atoms with Crippen LogP contribution in [0.5, 0.6) is 0 Å². The Morgan fingerprint density at radius 1 is 1.23 bits per heavy atom. The summed E-state index contributed by atoms with van der Waals surface area (Å²) in [6.07, 6.45) is 3.48. The molecular formula is C23H36N4O2S. The smallest absolute Gasteiger partial charge is 0.243 e. The molecule has 2 rings (SSSR count). The summed E-state index contributed by atoms with van der Waals surface area (Å²) in [5, 5.41) is 3.07.